The Morgan fingerprint density at radius 3 is 2.41 bits per heavy atom. The minimum atomic E-state index is -1.01. The fourth-order valence-electron chi connectivity index (χ4n) is 3.81. The van der Waals surface area contributed by atoms with Crippen LogP contribution in [0.2, 0.25) is 0 Å². The minimum Gasteiger partial charge on any atom is -0.456 e. The molecule has 1 atom stereocenters. The van der Waals surface area contributed by atoms with E-state index in [4.69, 9.17) is 4.74 Å². The lowest BCUT2D eigenvalue weighted by atomic mass is 9.92. The fraction of sp³-hybridized carbons (Fsp3) is 0.519. The van der Waals surface area contributed by atoms with Crippen molar-refractivity contribution >= 4 is 17.5 Å². The van der Waals surface area contributed by atoms with Gasteiger partial charge in [0.05, 0.1) is 5.60 Å². The zero-order valence-electron chi connectivity index (χ0n) is 20.0. The number of ether oxygens (including phenoxy) is 1. The molecule has 32 heavy (non-hydrogen) atoms. The Labute approximate surface area is 191 Å². The van der Waals surface area contributed by atoms with Crippen LogP contribution in [0.25, 0.3) is 0 Å². The smallest absolute Gasteiger partial charge is 0.334 e. The summed E-state index contributed by atoms with van der Waals surface area (Å²) in [5, 5.41) is 10.0. The van der Waals surface area contributed by atoms with Gasteiger partial charge >= 0.3 is 5.97 Å². The number of hydrogen-bond donors (Lipinski definition) is 1. The van der Waals surface area contributed by atoms with Gasteiger partial charge in [0.15, 0.2) is 11.6 Å². The lowest BCUT2D eigenvalue weighted by Gasteiger charge is -2.32. The SMILES string of the molecule is CC1=CC(=O)C=C(C/C=C(\C)CC/C=C(\C)CC/C=C2/CCC(C(C)(C)O)OC2=O)C1=O. The van der Waals surface area contributed by atoms with E-state index >= 15 is 0 Å². The number of cyclic esters (lactones) is 1. The van der Waals surface area contributed by atoms with E-state index in [1.807, 2.05) is 19.1 Å². The van der Waals surface area contributed by atoms with Crippen LogP contribution in [0.1, 0.15) is 79.6 Å². The highest BCUT2D eigenvalue weighted by molar-refractivity contribution is 6.20. The molecule has 1 N–H and O–H groups in total. The highest BCUT2D eigenvalue weighted by atomic mass is 16.6. The number of carbonyl (C=O) groups excluding carboxylic acids is 3. The van der Waals surface area contributed by atoms with Crippen molar-refractivity contribution < 1.29 is 24.2 Å². The van der Waals surface area contributed by atoms with Gasteiger partial charge in [-0.2, -0.15) is 0 Å². The predicted molar refractivity (Wildman–Crippen MR) is 126 cm³/mol. The van der Waals surface area contributed by atoms with Crippen LogP contribution in [0.15, 0.2) is 58.2 Å². The van der Waals surface area contributed by atoms with Gasteiger partial charge in [0.1, 0.15) is 6.10 Å². The summed E-state index contributed by atoms with van der Waals surface area (Å²) in [4.78, 5) is 35.9. The normalized spacial score (nSPS) is 22.1. The van der Waals surface area contributed by atoms with Crippen molar-refractivity contribution in [3.63, 3.8) is 0 Å². The standard InChI is InChI=1S/C27H36O5/c1-18(10-7-11-21-14-15-24(27(4,5)31)32-26(21)30)8-6-9-19(2)12-13-22-17-23(28)16-20(3)25(22)29/h8,11-12,16-17,24,31H,6-7,9-10,13-15H2,1-5H3/b18-8+,19-12+,21-11-. The van der Waals surface area contributed by atoms with Gasteiger partial charge in [-0.15, -0.1) is 0 Å². The Bertz CT molecular complexity index is 903. The lowest BCUT2D eigenvalue weighted by Crippen LogP contribution is -2.42. The van der Waals surface area contributed by atoms with Crippen molar-refractivity contribution in [2.24, 2.45) is 0 Å². The van der Waals surface area contributed by atoms with Gasteiger partial charge in [-0.1, -0.05) is 29.4 Å². The molecule has 174 valence electrons. The second-order valence-electron chi connectivity index (χ2n) is 9.43. The Morgan fingerprint density at radius 1 is 1.09 bits per heavy atom. The minimum absolute atomic E-state index is 0.0454. The summed E-state index contributed by atoms with van der Waals surface area (Å²) < 4.78 is 5.37. The van der Waals surface area contributed by atoms with Crippen LogP contribution in [-0.2, 0) is 19.1 Å². The third kappa shape index (κ3) is 7.86. The average Bonchev–Trinajstić information content (AvgIpc) is 2.70. The molecular weight excluding hydrogens is 404 g/mol. The molecule has 0 saturated carbocycles. The van der Waals surface area contributed by atoms with Crippen LogP contribution in [0.3, 0.4) is 0 Å². The molecule has 2 rings (SSSR count). The van der Waals surface area contributed by atoms with Crippen LogP contribution >= 0.6 is 0 Å². The molecular formula is C27H36O5. The number of Topliss-reactive ketones (excluding diaryl/α,β-unsaturated/α-hetero) is 1. The van der Waals surface area contributed by atoms with Crippen LogP contribution in [0.4, 0.5) is 0 Å². The van der Waals surface area contributed by atoms with Crippen molar-refractivity contribution in [1.82, 2.24) is 0 Å². The van der Waals surface area contributed by atoms with Gasteiger partial charge in [-0.3, -0.25) is 9.59 Å². The summed E-state index contributed by atoms with van der Waals surface area (Å²) in [7, 11) is 0. The van der Waals surface area contributed by atoms with Gasteiger partial charge in [0.25, 0.3) is 0 Å². The number of hydrogen-bond acceptors (Lipinski definition) is 5. The molecule has 0 bridgehead atoms. The first-order valence-corrected chi connectivity index (χ1v) is 11.4. The van der Waals surface area contributed by atoms with E-state index in [0.29, 0.717) is 36.0 Å². The van der Waals surface area contributed by atoms with Crippen LogP contribution in [-0.4, -0.2) is 34.3 Å². The molecule has 0 aromatic rings. The quantitative estimate of drug-likeness (QED) is 0.229. The van der Waals surface area contributed by atoms with E-state index in [0.717, 1.165) is 25.7 Å². The van der Waals surface area contributed by atoms with Crippen LogP contribution in [0, 0.1) is 0 Å². The predicted octanol–water partition coefficient (Wildman–Crippen LogP) is 5.26. The zero-order chi connectivity index (χ0) is 23.9. The maximum atomic E-state index is 12.1. The summed E-state index contributed by atoms with van der Waals surface area (Å²) >= 11 is 0. The molecule has 5 nitrogen and oxygen atoms in total. The number of rotatable bonds is 9. The molecule has 0 amide bonds. The van der Waals surface area contributed by atoms with E-state index in [9.17, 15) is 19.5 Å². The fourth-order valence-corrected chi connectivity index (χ4v) is 3.81. The number of carbonyl (C=O) groups is 3. The van der Waals surface area contributed by atoms with Gasteiger partial charge in [0, 0.05) is 16.7 Å². The Morgan fingerprint density at radius 2 is 1.75 bits per heavy atom. The van der Waals surface area contributed by atoms with E-state index in [2.05, 4.69) is 13.0 Å². The molecule has 0 aromatic heterocycles. The van der Waals surface area contributed by atoms with E-state index in [-0.39, 0.29) is 17.5 Å². The molecule has 0 radical (unpaired) electrons. The van der Waals surface area contributed by atoms with Crippen LogP contribution < -0.4 is 0 Å². The topological polar surface area (TPSA) is 80.7 Å². The van der Waals surface area contributed by atoms with Crippen molar-refractivity contribution in [2.45, 2.75) is 91.3 Å². The Balaban J connectivity index is 1.75. The third-order valence-corrected chi connectivity index (χ3v) is 5.93. The first kappa shape index (κ1) is 25.7. The van der Waals surface area contributed by atoms with Crippen LogP contribution in [0.5, 0.6) is 0 Å². The number of aliphatic hydroxyl groups is 1. The Kier molecular flexibility index (Phi) is 9.14. The molecule has 0 spiro atoms. The summed E-state index contributed by atoms with van der Waals surface area (Å²) in [5.41, 5.74) is 3.21. The summed E-state index contributed by atoms with van der Waals surface area (Å²) in [6.07, 6.45) is 13.8. The molecule has 1 heterocycles. The molecule has 1 aliphatic carbocycles. The highest BCUT2D eigenvalue weighted by Gasteiger charge is 2.34. The molecule has 5 heteroatoms. The van der Waals surface area contributed by atoms with Gasteiger partial charge in [-0.05, 0) is 91.7 Å². The monoisotopic (exact) mass is 440 g/mol. The number of esters is 1. The van der Waals surface area contributed by atoms with E-state index in [1.54, 1.807) is 20.8 Å². The van der Waals surface area contributed by atoms with E-state index < -0.39 is 11.7 Å². The maximum Gasteiger partial charge on any atom is 0.334 e. The number of allylic oxidation sites excluding steroid dienone is 9. The zero-order valence-corrected chi connectivity index (χ0v) is 20.0. The van der Waals surface area contributed by atoms with Gasteiger partial charge in [-0.25, -0.2) is 4.79 Å². The van der Waals surface area contributed by atoms with E-state index in [1.165, 1.54) is 23.3 Å². The van der Waals surface area contributed by atoms with Crippen molar-refractivity contribution in [1.29, 1.82) is 0 Å². The summed E-state index contributed by atoms with van der Waals surface area (Å²) in [5.74, 6) is -0.476. The van der Waals surface area contributed by atoms with Crippen molar-refractivity contribution in [3.05, 3.63) is 58.2 Å². The number of ketones is 2. The largest absolute Gasteiger partial charge is 0.456 e. The first-order valence-electron chi connectivity index (χ1n) is 11.4. The molecule has 2 aliphatic rings. The molecule has 1 saturated heterocycles. The second kappa shape index (κ2) is 11.4. The average molecular weight is 441 g/mol. The molecule has 1 unspecified atom stereocenters. The summed E-state index contributed by atoms with van der Waals surface area (Å²) in [6, 6.07) is 0. The molecule has 1 fully saturated rings. The van der Waals surface area contributed by atoms with Crippen molar-refractivity contribution in [2.75, 3.05) is 0 Å². The first-order chi connectivity index (χ1) is 15.0. The molecule has 0 aromatic carbocycles. The maximum absolute atomic E-state index is 12.1. The van der Waals surface area contributed by atoms with Gasteiger partial charge < -0.3 is 9.84 Å². The Hall–Kier alpha value is -2.53. The lowest BCUT2D eigenvalue weighted by molar-refractivity contribution is -0.162. The van der Waals surface area contributed by atoms with Gasteiger partial charge in [0.2, 0.25) is 0 Å². The third-order valence-electron chi connectivity index (χ3n) is 5.93. The summed E-state index contributed by atoms with van der Waals surface area (Å²) in [6.45, 7) is 9.14. The van der Waals surface area contributed by atoms with Crippen molar-refractivity contribution in [3.8, 4) is 0 Å². The second-order valence-corrected chi connectivity index (χ2v) is 9.43. The molecule has 1 aliphatic heterocycles. The highest BCUT2D eigenvalue weighted by Crippen LogP contribution is 2.27.